The molecule has 1 aromatic carbocycles. The van der Waals surface area contributed by atoms with E-state index < -0.39 is 5.97 Å². The summed E-state index contributed by atoms with van der Waals surface area (Å²) in [5.41, 5.74) is 3.13. The molecule has 28 heavy (non-hydrogen) atoms. The largest absolute Gasteiger partial charge is 0.462 e. The molecule has 0 saturated carbocycles. The first kappa shape index (κ1) is 19.5. The van der Waals surface area contributed by atoms with E-state index in [4.69, 9.17) is 9.72 Å². The van der Waals surface area contributed by atoms with Crippen LogP contribution in [0.2, 0.25) is 0 Å². The van der Waals surface area contributed by atoms with Gasteiger partial charge in [-0.25, -0.2) is 9.78 Å². The van der Waals surface area contributed by atoms with Gasteiger partial charge in [-0.2, -0.15) is 9.78 Å². The molecule has 0 unspecified atom stereocenters. The topological polar surface area (TPSA) is 86.1 Å². The fourth-order valence-corrected chi connectivity index (χ4v) is 3.07. The van der Waals surface area contributed by atoms with Crippen LogP contribution in [-0.4, -0.2) is 33.2 Å². The smallest absolute Gasteiger partial charge is 0.343 e. The molecule has 0 spiro atoms. The van der Waals surface area contributed by atoms with Crippen molar-refractivity contribution in [3.8, 4) is 5.82 Å². The minimum absolute atomic E-state index is 0.191. The maximum atomic E-state index is 12.3. The van der Waals surface area contributed by atoms with Crippen LogP contribution in [0.15, 0.2) is 30.5 Å². The Morgan fingerprint density at radius 2 is 1.96 bits per heavy atom. The number of anilines is 1. The summed E-state index contributed by atoms with van der Waals surface area (Å²) in [6.07, 6.45) is 2.44. The van der Waals surface area contributed by atoms with Crippen molar-refractivity contribution in [1.29, 1.82) is 0 Å². The van der Waals surface area contributed by atoms with Crippen molar-refractivity contribution in [2.75, 3.05) is 11.9 Å². The fourth-order valence-electron chi connectivity index (χ4n) is 3.07. The van der Waals surface area contributed by atoms with Crippen molar-refractivity contribution in [3.63, 3.8) is 0 Å². The Morgan fingerprint density at radius 1 is 1.18 bits per heavy atom. The number of pyridine rings is 1. The van der Waals surface area contributed by atoms with E-state index in [2.05, 4.69) is 10.4 Å². The Kier molecular flexibility index (Phi) is 5.73. The lowest BCUT2D eigenvalue weighted by Gasteiger charge is -2.12. The number of aryl methyl sites for hydroxylation is 2. The Labute approximate surface area is 163 Å². The number of aromatic nitrogens is 3. The highest BCUT2D eigenvalue weighted by molar-refractivity contribution is 6.00. The summed E-state index contributed by atoms with van der Waals surface area (Å²) in [4.78, 5) is 29.3. The van der Waals surface area contributed by atoms with Crippen molar-refractivity contribution in [3.05, 3.63) is 47.2 Å². The van der Waals surface area contributed by atoms with Crippen LogP contribution in [0, 0.1) is 13.8 Å². The van der Waals surface area contributed by atoms with Gasteiger partial charge >= 0.3 is 5.97 Å². The summed E-state index contributed by atoms with van der Waals surface area (Å²) >= 11 is 0. The van der Waals surface area contributed by atoms with Crippen LogP contribution < -0.4 is 5.32 Å². The molecule has 2 aromatic heterocycles. The molecule has 0 aliphatic heterocycles. The molecule has 0 radical (unpaired) electrons. The zero-order chi connectivity index (χ0) is 20.3. The summed E-state index contributed by atoms with van der Waals surface area (Å²) in [5.74, 6) is 0.0797. The first-order valence-electron chi connectivity index (χ1n) is 9.38. The van der Waals surface area contributed by atoms with E-state index in [1.807, 2.05) is 45.0 Å². The third-order valence-electron chi connectivity index (χ3n) is 4.45. The molecule has 2 heterocycles. The van der Waals surface area contributed by atoms with Gasteiger partial charge in [-0.05, 0) is 44.4 Å². The molecule has 0 aliphatic rings. The van der Waals surface area contributed by atoms with Crippen LogP contribution >= 0.6 is 0 Å². The highest BCUT2D eigenvalue weighted by atomic mass is 16.5. The second kappa shape index (κ2) is 8.21. The zero-order valence-corrected chi connectivity index (χ0v) is 16.6. The van der Waals surface area contributed by atoms with Gasteiger partial charge in [0, 0.05) is 11.8 Å². The van der Waals surface area contributed by atoms with E-state index in [-0.39, 0.29) is 23.9 Å². The molecule has 0 bridgehead atoms. The van der Waals surface area contributed by atoms with Gasteiger partial charge in [-0.1, -0.05) is 25.1 Å². The minimum Gasteiger partial charge on any atom is -0.462 e. The van der Waals surface area contributed by atoms with Crippen LogP contribution in [0.1, 0.15) is 48.2 Å². The van der Waals surface area contributed by atoms with Crippen LogP contribution in [0.3, 0.4) is 0 Å². The van der Waals surface area contributed by atoms with Crippen molar-refractivity contribution in [1.82, 2.24) is 14.8 Å². The molecule has 3 aromatic rings. The van der Waals surface area contributed by atoms with Crippen molar-refractivity contribution >= 4 is 28.6 Å². The standard InChI is InChI=1S/C21H24N4O3/c1-5-8-18(26)24-20-16(21(27)28-6-2)12-22-25(20)17-11-14(4)15-10-7-9-13(3)19(15)23-17/h7,9-12H,5-6,8H2,1-4H3,(H,24,26). The van der Waals surface area contributed by atoms with Crippen molar-refractivity contribution in [2.45, 2.75) is 40.5 Å². The predicted octanol–water partition coefficient (Wildman–Crippen LogP) is 3.95. The Balaban J connectivity index is 2.15. The van der Waals surface area contributed by atoms with E-state index in [0.717, 1.165) is 22.0 Å². The minimum atomic E-state index is -0.533. The highest BCUT2D eigenvalue weighted by Gasteiger charge is 2.22. The zero-order valence-electron chi connectivity index (χ0n) is 16.6. The quantitative estimate of drug-likeness (QED) is 0.654. The number of ether oxygens (including phenoxy) is 1. The van der Waals surface area contributed by atoms with Crippen LogP contribution in [0.5, 0.6) is 0 Å². The Bertz CT molecular complexity index is 1040. The lowest BCUT2D eigenvalue weighted by atomic mass is 10.1. The Hall–Kier alpha value is -3.22. The van der Waals surface area contributed by atoms with Crippen LogP contribution in [-0.2, 0) is 9.53 Å². The number of fused-ring (bicyclic) bond motifs is 1. The van der Waals surface area contributed by atoms with Gasteiger partial charge in [0.15, 0.2) is 11.6 Å². The summed E-state index contributed by atoms with van der Waals surface area (Å²) in [7, 11) is 0. The third kappa shape index (κ3) is 3.74. The van der Waals surface area contributed by atoms with E-state index in [9.17, 15) is 9.59 Å². The molecular weight excluding hydrogens is 356 g/mol. The average molecular weight is 380 g/mol. The van der Waals surface area contributed by atoms with E-state index in [0.29, 0.717) is 18.7 Å². The Morgan fingerprint density at radius 3 is 2.68 bits per heavy atom. The lowest BCUT2D eigenvalue weighted by molar-refractivity contribution is -0.116. The average Bonchev–Trinajstić information content (AvgIpc) is 3.06. The number of para-hydroxylation sites is 1. The molecule has 146 valence electrons. The summed E-state index contributed by atoms with van der Waals surface area (Å²) in [6, 6.07) is 7.90. The number of rotatable bonds is 6. The number of carbonyl (C=O) groups is 2. The normalized spacial score (nSPS) is 10.9. The van der Waals surface area contributed by atoms with Crippen molar-refractivity contribution < 1.29 is 14.3 Å². The van der Waals surface area contributed by atoms with Gasteiger partial charge in [-0.15, -0.1) is 0 Å². The maximum absolute atomic E-state index is 12.3. The summed E-state index contributed by atoms with van der Waals surface area (Å²) in [6.45, 7) is 7.88. The van der Waals surface area contributed by atoms with E-state index >= 15 is 0 Å². The first-order chi connectivity index (χ1) is 13.5. The molecule has 0 saturated heterocycles. The predicted molar refractivity (Wildman–Crippen MR) is 108 cm³/mol. The summed E-state index contributed by atoms with van der Waals surface area (Å²) in [5, 5.41) is 8.17. The number of amides is 1. The molecular formula is C21H24N4O3. The first-order valence-corrected chi connectivity index (χ1v) is 9.38. The molecule has 1 amide bonds. The number of carbonyl (C=O) groups excluding carboxylic acids is 2. The number of nitrogens with one attached hydrogen (secondary N) is 1. The number of nitrogens with zero attached hydrogens (tertiary/aromatic N) is 3. The van der Waals surface area contributed by atoms with E-state index in [1.54, 1.807) is 6.92 Å². The SMILES string of the molecule is CCCC(=O)Nc1c(C(=O)OCC)cnn1-c1cc(C)c2cccc(C)c2n1. The van der Waals surface area contributed by atoms with Crippen molar-refractivity contribution in [2.24, 2.45) is 0 Å². The van der Waals surface area contributed by atoms with Gasteiger partial charge in [0.25, 0.3) is 0 Å². The number of benzene rings is 1. The van der Waals surface area contributed by atoms with Gasteiger partial charge in [-0.3, -0.25) is 4.79 Å². The molecule has 1 N–H and O–H groups in total. The molecule has 0 aliphatic carbocycles. The molecule has 0 atom stereocenters. The maximum Gasteiger partial charge on any atom is 0.343 e. The summed E-state index contributed by atoms with van der Waals surface area (Å²) < 4.78 is 6.59. The van der Waals surface area contributed by atoms with Gasteiger partial charge < -0.3 is 10.1 Å². The number of hydrogen-bond acceptors (Lipinski definition) is 5. The van der Waals surface area contributed by atoms with Gasteiger partial charge in [0.05, 0.1) is 18.3 Å². The van der Waals surface area contributed by atoms with Crippen LogP contribution in [0.25, 0.3) is 16.7 Å². The number of esters is 1. The lowest BCUT2D eigenvalue weighted by Crippen LogP contribution is -2.18. The molecule has 7 nitrogen and oxygen atoms in total. The molecule has 0 fully saturated rings. The van der Waals surface area contributed by atoms with Crippen LogP contribution in [0.4, 0.5) is 5.82 Å². The third-order valence-corrected chi connectivity index (χ3v) is 4.45. The highest BCUT2D eigenvalue weighted by Crippen LogP contribution is 2.26. The van der Waals surface area contributed by atoms with Gasteiger partial charge in [0.2, 0.25) is 5.91 Å². The molecule has 7 heteroatoms. The second-order valence-electron chi connectivity index (χ2n) is 6.61. The monoisotopic (exact) mass is 380 g/mol. The number of hydrogen-bond donors (Lipinski definition) is 1. The molecule has 3 rings (SSSR count). The second-order valence-corrected chi connectivity index (χ2v) is 6.61. The van der Waals surface area contributed by atoms with E-state index in [1.165, 1.54) is 10.9 Å². The van der Waals surface area contributed by atoms with Gasteiger partial charge in [0.1, 0.15) is 5.56 Å². The fraction of sp³-hybridized carbons (Fsp3) is 0.333.